The number of nitrogen functional groups attached to an aromatic ring is 1. The van der Waals surface area contributed by atoms with E-state index in [0.717, 1.165) is 31.6 Å². The number of nitrogens with zero attached hydrogens (tertiary/aromatic N) is 1. The van der Waals surface area contributed by atoms with Crippen molar-refractivity contribution >= 4 is 23.0 Å². The van der Waals surface area contributed by atoms with Crippen LogP contribution in [-0.4, -0.2) is 13.1 Å². The molecule has 2 rings (SSSR count). The van der Waals surface area contributed by atoms with Crippen LogP contribution in [0.5, 0.6) is 0 Å². The van der Waals surface area contributed by atoms with Gasteiger partial charge in [-0.2, -0.15) is 0 Å². The second-order valence-electron chi connectivity index (χ2n) is 6.81. The van der Waals surface area contributed by atoms with E-state index in [2.05, 4.69) is 25.7 Å². The predicted molar refractivity (Wildman–Crippen MR) is 84.8 cm³/mol. The minimum absolute atomic E-state index is 0.0913. The van der Waals surface area contributed by atoms with Crippen LogP contribution < -0.4 is 10.6 Å². The summed E-state index contributed by atoms with van der Waals surface area (Å²) in [6.07, 6.45) is 3.45. The van der Waals surface area contributed by atoms with E-state index < -0.39 is 5.82 Å². The molecule has 0 aliphatic carbocycles. The molecule has 1 fully saturated rings. The lowest BCUT2D eigenvalue weighted by atomic mass is 9.77. The topological polar surface area (TPSA) is 29.3 Å². The Morgan fingerprint density at radius 1 is 1.25 bits per heavy atom. The van der Waals surface area contributed by atoms with E-state index >= 15 is 0 Å². The monoisotopic (exact) mass is 298 g/mol. The molecule has 1 saturated heterocycles. The highest BCUT2D eigenvalue weighted by molar-refractivity contribution is 6.31. The summed E-state index contributed by atoms with van der Waals surface area (Å²) in [5, 5.41) is 0.0913. The molecule has 1 heterocycles. The van der Waals surface area contributed by atoms with E-state index in [9.17, 15) is 4.39 Å². The van der Waals surface area contributed by atoms with Gasteiger partial charge in [-0.15, -0.1) is 0 Å². The van der Waals surface area contributed by atoms with Crippen molar-refractivity contribution in [2.45, 2.75) is 40.0 Å². The summed E-state index contributed by atoms with van der Waals surface area (Å²) in [6, 6.07) is 2.98. The average molecular weight is 299 g/mol. The fourth-order valence-electron chi connectivity index (χ4n) is 3.03. The van der Waals surface area contributed by atoms with Gasteiger partial charge in [-0.05, 0) is 36.7 Å². The molecule has 0 amide bonds. The van der Waals surface area contributed by atoms with Crippen molar-refractivity contribution in [1.29, 1.82) is 0 Å². The van der Waals surface area contributed by atoms with Gasteiger partial charge in [0.1, 0.15) is 5.82 Å². The van der Waals surface area contributed by atoms with Crippen molar-refractivity contribution in [3.8, 4) is 0 Å². The summed E-state index contributed by atoms with van der Waals surface area (Å²) in [6.45, 7) is 8.74. The van der Waals surface area contributed by atoms with E-state index in [1.165, 1.54) is 18.6 Å². The quantitative estimate of drug-likeness (QED) is 0.761. The van der Waals surface area contributed by atoms with Crippen LogP contribution in [0, 0.1) is 17.2 Å². The normalized spacial score (nSPS) is 20.9. The zero-order valence-electron chi connectivity index (χ0n) is 12.5. The molecule has 20 heavy (non-hydrogen) atoms. The number of hydrogen-bond acceptors (Lipinski definition) is 2. The molecule has 0 saturated carbocycles. The van der Waals surface area contributed by atoms with Crippen LogP contribution >= 0.6 is 11.6 Å². The van der Waals surface area contributed by atoms with E-state index in [4.69, 9.17) is 17.3 Å². The van der Waals surface area contributed by atoms with Gasteiger partial charge in [-0.1, -0.05) is 32.4 Å². The van der Waals surface area contributed by atoms with Crippen LogP contribution in [0.1, 0.15) is 40.0 Å². The van der Waals surface area contributed by atoms with Crippen molar-refractivity contribution in [3.05, 3.63) is 23.0 Å². The molecule has 1 aliphatic heterocycles. The Kier molecular flexibility index (Phi) is 4.48. The van der Waals surface area contributed by atoms with Gasteiger partial charge in [-0.3, -0.25) is 0 Å². The molecule has 0 bridgehead atoms. The van der Waals surface area contributed by atoms with Crippen molar-refractivity contribution in [1.82, 2.24) is 0 Å². The molecule has 1 atom stereocenters. The van der Waals surface area contributed by atoms with E-state index in [0.29, 0.717) is 17.0 Å². The third-order valence-corrected chi connectivity index (χ3v) is 4.65. The SMILES string of the molecule is CC(C)(C)C1CCCN(c2cc(F)c(Cl)cc2N)CC1. The van der Waals surface area contributed by atoms with Crippen LogP contribution in [0.25, 0.3) is 0 Å². The molecule has 1 unspecified atom stereocenters. The number of benzene rings is 1. The van der Waals surface area contributed by atoms with Gasteiger partial charge < -0.3 is 10.6 Å². The van der Waals surface area contributed by atoms with E-state index in [-0.39, 0.29) is 5.02 Å². The second kappa shape index (κ2) is 5.80. The highest BCUT2D eigenvalue weighted by atomic mass is 35.5. The van der Waals surface area contributed by atoms with E-state index in [1.54, 1.807) is 0 Å². The fraction of sp³-hybridized carbons (Fsp3) is 0.625. The molecule has 0 radical (unpaired) electrons. The van der Waals surface area contributed by atoms with Crippen molar-refractivity contribution in [2.24, 2.45) is 11.3 Å². The van der Waals surface area contributed by atoms with Crippen molar-refractivity contribution in [2.75, 3.05) is 23.7 Å². The minimum Gasteiger partial charge on any atom is -0.397 e. The summed E-state index contributed by atoms with van der Waals surface area (Å²) < 4.78 is 13.7. The molecule has 1 aromatic carbocycles. The number of nitrogens with two attached hydrogens (primary N) is 1. The van der Waals surface area contributed by atoms with Crippen LogP contribution in [0.15, 0.2) is 12.1 Å². The lowest BCUT2D eigenvalue weighted by molar-refractivity contribution is 0.220. The maximum atomic E-state index is 13.7. The molecule has 112 valence electrons. The number of rotatable bonds is 1. The van der Waals surface area contributed by atoms with Gasteiger partial charge in [0, 0.05) is 19.2 Å². The first kappa shape index (κ1) is 15.4. The fourth-order valence-corrected chi connectivity index (χ4v) is 3.20. The van der Waals surface area contributed by atoms with Gasteiger partial charge in [0.2, 0.25) is 0 Å². The first-order valence-electron chi connectivity index (χ1n) is 7.28. The Morgan fingerprint density at radius 2 is 1.95 bits per heavy atom. The Hall–Kier alpha value is -0.960. The Bertz CT molecular complexity index is 482. The zero-order chi connectivity index (χ0) is 14.9. The molecule has 0 spiro atoms. The molecule has 4 heteroatoms. The largest absolute Gasteiger partial charge is 0.397 e. The summed E-state index contributed by atoms with van der Waals surface area (Å²) in [4.78, 5) is 2.19. The van der Waals surface area contributed by atoms with Gasteiger partial charge in [0.05, 0.1) is 16.4 Å². The summed E-state index contributed by atoms with van der Waals surface area (Å²) in [7, 11) is 0. The summed E-state index contributed by atoms with van der Waals surface area (Å²) in [5.41, 5.74) is 7.67. The average Bonchev–Trinajstić information content (AvgIpc) is 2.59. The molecule has 1 aliphatic rings. The number of halogens is 2. The third-order valence-electron chi connectivity index (χ3n) is 4.36. The number of hydrogen-bond donors (Lipinski definition) is 1. The molecular formula is C16H24ClFN2. The summed E-state index contributed by atoms with van der Waals surface area (Å²) >= 11 is 5.77. The highest BCUT2D eigenvalue weighted by Gasteiger charge is 2.27. The van der Waals surface area contributed by atoms with Crippen molar-refractivity contribution < 1.29 is 4.39 Å². The Labute approximate surface area is 126 Å². The maximum absolute atomic E-state index is 13.7. The Balaban J connectivity index is 2.17. The van der Waals surface area contributed by atoms with Crippen molar-refractivity contribution in [3.63, 3.8) is 0 Å². The standard InChI is InChI=1S/C16H24ClFN2/c1-16(2,3)11-5-4-7-20(8-6-11)15-10-13(18)12(17)9-14(15)19/h9-11H,4-8,19H2,1-3H3. The lowest BCUT2D eigenvalue weighted by Gasteiger charge is -2.30. The van der Waals surface area contributed by atoms with Crippen LogP contribution in [0.3, 0.4) is 0 Å². The highest BCUT2D eigenvalue weighted by Crippen LogP contribution is 2.37. The lowest BCUT2D eigenvalue weighted by Crippen LogP contribution is -2.26. The molecular weight excluding hydrogens is 275 g/mol. The summed E-state index contributed by atoms with van der Waals surface area (Å²) in [5.74, 6) is 0.304. The van der Waals surface area contributed by atoms with Gasteiger partial charge >= 0.3 is 0 Å². The molecule has 2 nitrogen and oxygen atoms in total. The number of anilines is 2. The van der Waals surface area contributed by atoms with Gasteiger partial charge in [-0.25, -0.2) is 4.39 Å². The van der Waals surface area contributed by atoms with Crippen LogP contribution in [0.4, 0.5) is 15.8 Å². The van der Waals surface area contributed by atoms with Crippen LogP contribution in [0.2, 0.25) is 5.02 Å². The van der Waals surface area contributed by atoms with Gasteiger partial charge in [0.25, 0.3) is 0 Å². The Morgan fingerprint density at radius 3 is 2.60 bits per heavy atom. The molecule has 0 aromatic heterocycles. The van der Waals surface area contributed by atoms with Gasteiger partial charge in [0.15, 0.2) is 0 Å². The maximum Gasteiger partial charge on any atom is 0.144 e. The minimum atomic E-state index is -0.396. The molecule has 1 aromatic rings. The smallest absolute Gasteiger partial charge is 0.144 e. The van der Waals surface area contributed by atoms with Crippen LogP contribution in [-0.2, 0) is 0 Å². The van der Waals surface area contributed by atoms with E-state index in [1.807, 2.05) is 0 Å². The first-order chi connectivity index (χ1) is 9.29. The molecule has 2 N–H and O–H groups in total. The predicted octanol–water partition coefficient (Wildman–Crippen LogP) is 4.71. The zero-order valence-corrected chi connectivity index (χ0v) is 13.3. The second-order valence-corrected chi connectivity index (χ2v) is 7.21. The third kappa shape index (κ3) is 3.38. The first-order valence-corrected chi connectivity index (χ1v) is 7.66.